The molecule has 2 atom stereocenters. The molecule has 1 aromatic rings. The van der Waals surface area contributed by atoms with Crippen molar-refractivity contribution in [3.8, 4) is 5.75 Å². The number of rotatable bonds is 4. The van der Waals surface area contributed by atoms with Crippen LogP contribution in [0.2, 0.25) is 0 Å². The van der Waals surface area contributed by atoms with Crippen molar-refractivity contribution in [2.24, 2.45) is 0 Å². The number of ether oxygens (including phenoxy) is 1. The highest BCUT2D eigenvalue weighted by atomic mass is 16.5. The second-order valence-corrected chi connectivity index (χ2v) is 7.20. The van der Waals surface area contributed by atoms with Gasteiger partial charge in [0.15, 0.2) is 0 Å². The first kappa shape index (κ1) is 20.6. The number of piperazine rings is 1. The van der Waals surface area contributed by atoms with Gasteiger partial charge in [-0.2, -0.15) is 0 Å². The monoisotopic (exact) mass is 402 g/mol. The van der Waals surface area contributed by atoms with E-state index in [1.165, 1.54) is 11.8 Å². The van der Waals surface area contributed by atoms with Crippen LogP contribution in [-0.4, -0.2) is 78.8 Å². The molecule has 9 nitrogen and oxygen atoms in total. The van der Waals surface area contributed by atoms with E-state index in [9.17, 15) is 19.2 Å². The Morgan fingerprint density at radius 3 is 2.52 bits per heavy atom. The maximum atomic E-state index is 13.1. The molecule has 0 radical (unpaired) electrons. The highest BCUT2D eigenvalue weighted by molar-refractivity contribution is 5.99. The Kier molecular flexibility index (Phi) is 6.36. The SMILES string of the molecule is COc1ccc(C(=O)N2CCN(C(C)=O)C[C@@H]2C(=O)N[C@@H]2CCCNC2=O)cc1. The highest BCUT2D eigenvalue weighted by Gasteiger charge is 2.38. The van der Waals surface area contributed by atoms with Crippen LogP contribution in [0, 0.1) is 0 Å². The average molecular weight is 402 g/mol. The molecule has 29 heavy (non-hydrogen) atoms. The summed E-state index contributed by atoms with van der Waals surface area (Å²) in [4.78, 5) is 52.9. The third-order valence-corrected chi connectivity index (χ3v) is 5.33. The molecular weight excluding hydrogens is 376 g/mol. The lowest BCUT2D eigenvalue weighted by Gasteiger charge is -2.40. The lowest BCUT2D eigenvalue weighted by molar-refractivity contribution is -0.137. The Labute approximate surface area is 169 Å². The van der Waals surface area contributed by atoms with Gasteiger partial charge in [0, 0.05) is 32.1 Å². The van der Waals surface area contributed by atoms with Gasteiger partial charge in [0.2, 0.25) is 17.7 Å². The maximum absolute atomic E-state index is 13.1. The number of hydrogen-bond acceptors (Lipinski definition) is 5. The highest BCUT2D eigenvalue weighted by Crippen LogP contribution is 2.18. The molecule has 2 aliphatic rings. The van der Waals surface area contributed by atoms with Crippen LogP contribution in [0.4, 0.5) is 0 Å². The third-order valence-electron chi connectivity index (χ3n) is 5.33. The summed E-state index contributed by atoms with van der Waals surface area (Å²) >= 11 is 0. The summed E-state index contributed by atoms with van der Waals surface area (Å²) in [5, 5.41) is 5.48. The topological polar surface area (TPSA) is 108 Å². The number of benzene rings is 1. The lowest BCUT2D eigenvalue weighted by atomic mass is 10.0. The first-order valence-electron chi connectivity index (χ1n) is 9.69. The molecule has 0 spiro atoms. The van der Waals surface area contributed by atoms with Gasteiger partial charge in [-0.3, -0.25) is 19.2 Å². The zero-order chi connectivity index (χ0) is 21.0. The van der Waals surface area contributed by atoms with Crippen LogP contribution in [0.1, 0.15) is 30.1 Å². The van der Waals surface area contributed by atoms with E-state index in [2.05, 4.69) is 10.6 Å². The van der Waals surface area contributed by atoms with Gasteiger partial charge in [0.05, 0.1) is 13.7 Å². The van der Waals surface area contributed by atoms with Crippen molar-refractivity contribution < 1.29 is 23.9 Å². The Hall–Kier alpha value is -3.10. The van der Waals surface area contributed by atoms with E-state index in [0.29, 0.717) is 30.8 Å². The van der Waals surface area contributed by atoms with E-state index in [0.717, 1.165) is 6.42 Å². The summed E-state index contributed by atoms with van der Waals surface area (Å²) in [5.74, 6) is -0.490. The minimum Gasteiger partial charge on any atom is -0.497 e. The van der Waals surface area contributed by atoms with Crippen LogP contribution in [0.3, 0.4) is 0 Å². The Morgan fingerprint density at radius 1 is 1.17 bits per heavy atom. The Balaban J connectivity index is 1.79. The number of carbonyl (C=O) groups is 4. The number of carbonyl (C=O) groups excluding carboxylic acids is 4. The van der Waals surface area contributed by atoms with Crippen molar-refractivity contribution in [3.63, 3.8) is 0 Å². The van der Waals surface area contributed by atoms with Gasteiger partial charge in [-0.1, -0.05) is 0 Å². The fourth-order valence-electron chi connectivity index (χ4n) is 3.61. The quantitative estimate of drug-likeness (QED) is 0.723. The number of methoxy groups -OCH3 is 1. The van der Waals surface area contributed by atoms with Gasteiger partial charge in [0.25, 0.3) is 5.91 Å². The van der Waals surface area contributed by atoms with E-state index in [1.807, 2.05) is 0 Å². The van der Waals surface area contributed by atoms with Crippen LogP contribution in [0.5, 0.6) is 5.75 Å². The predicted octanol–water partition coefficient (Wildman–Crippen LogP) is -0.237. The number of hydrogen-bond donors (Lipinski definition) is 2. The summed E-state index contributed by atoms with van der Waals surface area (Å²) in [6.45, 7) is 2.71. The fraction of sp³-hybridized carbons (Fsp3) is 0.500. The summed E-state index contributed by atoms with van der Waals surface area (Å²) in [6, 6.07) is 5.16. The molecule has 4 amide bonds. The predicted molar refractivity (Wildman–Crippen MR) is 104 cm³/mol. The molecule has 2 saturated heterocycles. The van der Waals surface area contributed by atoms with Crippen molar-refractivity contribution in [1.29, 1.82) is 0 Å². The lowest BCUT2D eigenvalue weighted by Crippen LogP contribution is -2.63. The molecule has 0 aromatic heterocycles. The summed E-state index contributed by atoms with van der Waals surface area (Å²) in [7, 11) is 1.54. The minimum atomic E-state index is -0.864. The van der Waals surface area contributed by atoms with Crippen LogP contribution >= 0.6 is 0 Å². The smallest absolute Gasteiger partial charge is 0.254 e. The van der Waals surface area contributed by atoms with Crippen molar-refractivity contribution in [1.82, 2.24) is 20.4 Å². The van der Waals surface area contributed by atoms with Gasteiger partial charge in [-0.05, 0) is 37.1 Å². The standard InChI is InChI=1S/C20H26N4O5/c1-13(25)23-10-11-24(20(28)14-5-7-15(29-2)8-6-14)17(12-23)19(27)22-16-4-3-9-21-18(16)26/h5-8,16-17H,3-4,9-12H2,1-2H3,(H,21,26)(H,22,27)/t16-,17-/m1/s1. The van der Waals surface area contributed by atoms with Gasteiger partial charge >= 0.3 is 0 Å². The summed E-state index contributed by atoms with van der Waals surface area (Å²) in [5.41, 5.74) is 0.426. The second-order valence-electron chi connectivity index (χ2n) is 7.20. The van der Waals surface area contributed by atoms with Gasteiger partial charge < -0.3 is 25.2 Å². The van der Waals surface area contributed by atoms with E-state index in [-0.39, 0.29) is 30.8 Å². The molecule has 2 N–H and O–H groups in total. The van der Waals surface area contributed by atoms with Crippen LogP contribution in [0.25, 0.3) is 0 Å². The van der Waals surface area contributed by atoms with Gasteiger partial charge in [0.1, 0.15) is 17.8 Å². The molecule has 2 heterocycles. The molecule has 1 aromatic carbocycles. The van der Waals surface area contributed by atoms with Crippen molar-refractivity contribution >= 4 is 23.6 Å². The van der Waals surface area contributed by atoms with Crippen LogP contribution in [-0.2, 0) is 14.4 Å². The zero-order valence-electron chi connectivity index (χ0n) is 16.6. The third kappa shape index (κ3) is 4.67. The van der Waals surface area contributed by atoms with Crippen LogP contribution < -0.4 is 15.4 Å². The molecule has 9 heteroatoms. The number of amides is 4. The van der Waals surface area contributed by atoms with Crippen molar-refractivity contribution in [2.45, 2.75) is 31.8 Å². The molecule has 2 fully saturated rings. The van der Waals surface area contributed by atoms with Crippen molar-refractivity contribution in [2.75, 3.05) is 33.3 Å². The molecular formula is C20H26N4O5. The molecule has 0 unspecified atom stereocenters. The molecule has 156 valence electrons. The Morgan fingerprint density at radius 2 is 1.90 bits per heavy atom. The minimum absolute atomic E-state index is 0.0946. The number of piperidine rings is 1. The first-order valence-corrected chi connectivity index (χ1v) is 9.69. The van der Waals surface area contributed by atoms with E-state index < -0.39 is 18.0 Å². The normalized spacial score (nSPS) is 21.9. The van der Waals surface area contributed by atoms with E-state index in [1.54, 1.807) is 36.3 Å². The molecule has 3 rings (SSSR count). The van der Waals surface area contributed by atoms with Gasteiger partial charge in [-0.25, -0.2) is 0 Å². The van der Waals surface area contributed by atoms with Crippen molar-refractivity contribution in [3.05, 3.63) is 29.8 Å². The number of nitrogens with zero attached hydrogens (tertiary/aromatic N) is 2. The zero-order valence-corrected chi connectivity index (χ0v) is 16.6. The van der Waals surface area contributed by atoms with E-state index in [4.69, 9.17) is 4.74 Å². The molecule has 2 aliphatic heterocycles. The molecule has 0 saturated carbocycles. The Bertz CT molecular complexity index is 795. The average Bonchev–Trinajstić information content (AvgIpc) is 2.74. The van der Waals surface area contributed by atoms with E-state index >= 15 is 0 Å². The number of nitrogens with one attached hydrogen (secondary N) is 2. The second kappa shape index (κ2) is 8.93. The summed E-state index contributed by atoms with van der Waals surface area (Å²) in [6.07, 6.45) is 1.32. The van der Waals surface area contributed by atoms with Crippen LogP contribution in [0.15, 0.2) is 24.3 Å². The molecule has 0 bridgehead atoms. The van der Waals surface area contributed by atoms with Gasteiger partial charge in [-0.15, -0.1) is 0 Å². The molecule has 0 aliphatic carbocycles. The largest absolute Gasteiger partial charge is 0.497 e. The fourth-order valence-corrected chi connectivity index (χ4v) is 3.61. The maximum Gasteiger partial charge on any atom is 0.254 e. The summed E-state index contributed by atoms with van der Waals surface area (Å²) < 4.78 is 5.12. The first-order chi connectivity index (χ1) is 13.9.